The number of benzene rings is 3. The third-order valence-electron chi connectivity index (χ3n) is 10.1. The number of aryl methyl sites for hydroxylation is 1. The average Bonchev–Trinajstić information content (AvgIpc) is 3.09. The molecule has 0 radical (unpaired) electrons. The Kier molecular flexibility index (Phi) is 12.1. The van der Waals surface area contributed by atoms with Crippen molar-refractivity contribution >= 4 is 45.6 Å². The van der Waals surface area contributed by atoms with Gasteiger partial charge in [-0.1, -0.05) is 13.8 Å². The fourth-order valence-electron chi connectivity index (χ4n) is 6.79. The zero-order valence-corrected chi connectivity index (χ0v) is 33.3. The van der Waals surface area contributed by atoms with Gasteiger partial charge in [-0.2, -0.15) is 0 Å². The van der Waals surface area contributed by atoms with Crippen molar-refractivity contribution in [2.24, 2.45) is 5.92 Å². The van der Waals surface area contributed by atoms with E-state index in [1.165, 1.54) is 19.3 Å². The molecule has 0 saturated heterocycles. The van der Waals surface area contributed by atoms with Gasteiger partial charge in [0.25, 0.3) is 0 Å². The monoisotopic (exact) mass is 790 g/mol. The highest BCUT2D eigenvalue weighted by Crippen LogP contribution is 2.44. The van der Waals surface area contributed by atoms with E-state index in [-0.39, 0.29) is 50.0 Å². The van der Waals surface area contributed by atoms with E-state index in [0.717, 1.165) is 0 Å². The third-order valence-corrected chi connectivity index (χ3v) is 10.8. The van der Waals surface area contributed by atoms with Crippen molar-refractivity contribution in [3.8, 4) is 23.0 Å². The van der Waals surface area contributed by atoms with Crippen LogP contribution in [0.2, 0.25) is 0 Å². The number of carboxylic acids is 1. The molecule has 0 spiro atoms. The van der Waals surface area contributed by atoms with Crippen LogP contribution in [0.3, 0.4) is 0 Å². The van der Waals surface area contributed by atoms with E-state index in [9.17, 15) is 34.2 Å². The second-order valence-corrected chi connectivity index (χ2v) is 13.8. The molecular weight excluding hydrogens is 748 g/mol. The van der Waals surface area contributed by atoms with Crippen molar-refractivity contribution in [2.45, 2.75) is 82.1 Å². The highest BCUT2D eigenvalue weighted by Gasteiger charge is 2.35. The van der Waals surface area contributed by atoms with Gasteiger partial charge < -0.3 is 29.2 Å². The number of allylic oxidation sites excluding steroid dienone is 2. The summed E-state index contributed by atoms with van der Waals surface area (Å²) in [7, 11) is 1.36. The van der Waals surface area contributed by atoms with Crippen molar-refractivity contribution in [3.63, 3.8) is 0 Å². The quantitative estimate of drug-likeness (QED) is 0.150. The van der Waals surface area contributed by atoms with Gasteiger partial charge in [0, 0.05) is 6.08 Å². The molecule has 1 aliphatic rings. The van der Waals surface area contributed by atoms with E-state index in [4.69, 9.17) is 18.9 Å². The van der Waals surface area contributed by atoms with Crippen LogP contribution in [0.25, 0.3) is 0 Å². The van der Waals surface area contributed by atoms with Crippen molar-refractivity contribution in [1.82, 2.24) is 0 Å². The maximum absolute atomic E-state index is 13.8. The Labute approximate surface area is 316 Å². The summed E-state index contributed by atoms with van der Waals surface area (Å²) < 4.78 is 22.9. The Morgan fingerprint density at radius 2 is 1.26 bits per heavy atom. The maximum atomic E-state index is 13.8. The first kappa shape index (κ1) is 40.5. The molecule has 2 N–H and O–H groups in total. The van der Waals surface area contributed by atoms with Gasteiger partial charge in [0.15, 0.2) is 11.5 Å². The number of carboxylic acid groups (broad SMARTS) is 1. The predicted molar refractivity (Wildman–Crippen MR) is 200 cm³/mol. The second-order valence-electron chi connectivity index (χ2n) is 13.0. The van der Waals surface area contributed by atoms with E-state index < -0.39 is 35.5 Å². The average molecular weight is 792 g/mol. The minimum Gasteiger partial charge on any atom is -0.506 e. The first-order valence-electron chi connectivity index (χ1n) is 17.0. The van der Waals surface area contributed by atoms with Crippen molar-refractivity contribution in [3.05, 3.63) is 101 Å². The summed E-state index contributed by atoms with van der Waals surface area (Å²) in [5, 5.41) is 21.0. The summed E-state index contributed by atoms with van der Waals surface area (Å²) in [4.78, 5) is 65.0. The lowest BCUT2D eigenvalue weighted by molar-refractivity contribution is -0.137. The molecule has 0 amide bonds. The molecule has 1 unspecified atom stereocenters. The summed E-state index contributed by atoms with van der Waals surface area (Å²) in [5.41, 5.74) is 5.10. The number of esters is 3. The van der Waals surface area contributed by atoms with Gasteiger partial charge in [-0.15, -0.1) is 0 Å². The molecule has 1 aliphatic carbocycles. The minimum absolute atomic E-state index is 0.0124. The fourth-order valence-corrected chi connectivity index (χ4v) is 7.37. The zero-order valence-electron chi connectivity index (χ0n) is 31.7. The van der Waals surface area contributed by atoms with Gasteiger partial charge in [0.1, 0.15) is 39.0 Å². The Bertz CT molecular complexity index is 2090. The van der Waals surface area contributed by atoms with E-state index >= 15 is 0 Å². The molecule has 0 aromatic heterocycles. The second kappa shape index (κ2) is 15.8. The molecule has 0 heterocycles. The van der Waals surface area contributed by atoms with Crippen LogP contribution in [0.1, 0.15) is 101 Å². The molecule has 1 atom stereocenters. The number of methoxy groups -OCH3 is 1. The molecule has 0 fully saturated rings. The lowest BCUT2D eigenvalue weighted by atomic mass is 9.89. The number of halogens is 1. The molecule has 280 valence electrons. The van der Waals surface area contributed by atoms with E-state index in [0.29, 0.717) is 68.5 Å². The number of phenolic OH excluding ortho intramolecular Hbond substituents is 1. The van der Waals surface area contributed by atoms with Crippen molar-refractivity contribution in [2.75, 3.05) is 7.11 Å². The fraction of sp³-hybridized carbons (Fsp3) is 0.341. The summed E-state index contributed by atoms with van der Waals surface area (Å²) in [6.07, 6.45) is 3.36. The van der Waals surface area contributed by atoms with Crippen LogP contribution in [0.4, 0.5) is 0 Å². The number of ketones is 1. The minimum atomic E-state index is -1.06. The highest BCUT2D eigenvalue weighted by atomic mass is 79.9. The van der Waals surface area contributed by atoms with Crippen LogP contribution in [0.15, 0.2) is 34.0 Å². The molecule has 53 heavy (non-hydrogen) atoms. The van der Waals surface area contributed by atoms with Crippen molar-refractivity contribution < 1.29 is 53.1 Å². The van der Waals surface area contributed by atoms with Crippen LogP contribution < -0.4 is 14.2 Å². The Balaban J connectivity index is 1.68. The van der Waals surface area contributed by atoms with Crippen LogP contribution in [0.5, 0.6) is 23.0 Å². The van der Waals surface area contributed by atoms with Gasteiger partial charge in [-0.05, 0) is 152 Å². The molecule has 0 bridgehead atoms. The van der Waals surface area contributed by atoms with Crippen LogP contribution in [-0.2, 0) is 20.7 Å². The summed E-state index contributed by atoms with van der Waals surface area (Å²) in [5.74, 6) is -4.51. The number of aromatic carboxylic acids is 1. The van der Waals surface area contributed by atoms with E-state index in [2.05, 4.69) is 15.9 Å². The lowest BCUT2D eigenvalue weighted by Crippen LogP contribution is -2.28. The number of hydrogen-bond acceptors (Lipinski definition) is 10. The highest BCUT2D eigenvalue weighted by molar-refractivity contribution is 9.10. The predicted octanol–water partition coefficient (Wildman–Crippen LogP) is 8.29. The molecule has 0 saturated carbocycles. The van der Waals surface area contributed by atoms with Gasteiger partial charge in [0.2, 0.25) is 0 Å². The largest absolute Gasteiger partial charge is 0.506 e. The first-order chi connectivity index (χ1) is 24.8. The molecule has 11 nitrogen and oxygen atoms in total. The summed E-state index contributed by atoms with van der Waals surface area (Å²) >= 11 is 3.30. The van der Waals surface area contributed by atoms with Crippen LogP contribution in [-0.4, -0.2) is 47.0 Å². The summed E-state index contributed by atoms with van der Waals surface area (Å²) in [6.45, 7) is 17.0. The number of ether oxygens (including phenoxy) is 4. The smallest absolute Gasteiger partial charge is 0.347 e. The number of hydrogen-bond donors (Lipinski definition) is 2. The molecule has 3 aromatic carbocycles. The van der Waals surface area contributed by atoms with Crippen molar-refractivity contribution in [1.29, 1.82) is 0 Å². The van der Waals surface area contributed by atoms with Gasteiger partial charge in [-0.25, -0.2) is 14.4 Å². The van der Waals surface area contributed by atoms with Crippen LogP contribution >= 0.6 is 15.9 Å². The van der Waals surface area contributed by atoms with Gasteiger partial charge in [-0.3, -0.25) is 9.59 Å². The van der Waals surface area contributed by atoms with E-state index in [1.807, 2.05) is 6.92 Å². The van der Waals surface area contributed by atoms with Gasteiger partial charge in [0.05, 0.1) is 18.2 Å². The molecular formula is C41H43BrO11. The van der Waals surface area contributed by atoms with Gasteiger partial charge >= 0.3 is 23.9 Å². The number of rotatable bonds is 10. The molecule has 3 aromatic rings. The maximum Gasteiger partial charge on any atom is 0.347 e. The Hall–Kier alpha value is -5.23. The zero-order chi connectivity index (χ0) is 39.8. The first-order valence-corrected chi connectivity index (χ1v) is 17.8. The van der Waals surface area contributed by atoms with Crippen LogP contribution in [0, 0.1) is 61.3 Å². The number of carbonyl (C=O) groups is 5. The topological polar surface area (TPSA) is 163 Å². The molecule has 4 rings (SSSR count). The third kappa shape index (κ3) is 7.37. The normalized spacial score (nSPS) is 14.0. The SMILES string of the molecule is CCC1=CC(=O)C=C(OC)C1C(=O)Oc1c(C)c(C)c(C(=O)Oc2cc(C)c(C(=O)Oc3c(C)c(C)c(C(=O)O)c(C)c3C)c(C)c2CC)c(O)c1Br. The number of phenols is 1. The number of aromatic hydroxyl groups is 1. The summed E-state index contributed by atoms with van der Waals surface area (Å²) in [6, 6.07) is 1.56. The standard InChI is InChI=1S/C41H43BrO11/c1-12-25-15-26(43)16-29(50-11)33(25)41(49)53-37-23(9)20(6)32(35(44)34(37)42)40(48)51-28-14-17(3)30(24(10)27(28)13-2)39(47)52-36-21(7)18(4)31(38(45)46)19(5)22(36)8/h14-16,33,44H,12-13H2,1-11H3,(H,45,46). The molecule has 12 heteroatoms. The Morgan fingerprint density at radius 1 is 0.717 bits per heavy atom. The number of carbonyl (C=O) groups excluding carboxylic acids is 4. The van der Waals surface area contributed by atoms with E-state index in [1.54, 1.807) is 68.4 Å². The Morgan fingerprint density at radius 3 is 1.79 bits per heavy atom. The molecule has 0 aliphatic heterocycles. The lowest BCUT2D eigenvalue weighted by Gasteiger charge is -2.24.